The molecule has 0 saturated heterocycles. The normalized spacial score (nSPS) is 8.53. The fourth-order valence-corrected chi connectivity index (χ4v) is 1.42. The Morgan fingerprint density at radius 2 is 1.89 bits per heavy atom. The summed E-state index contributed by atoms with van der Waals surface area (Å²) in [6.45, 7) is 0. The van der Waals surface area contributed by atoms with Gasteiger partial charge in [-0.05, 0) is 6.07 Å². The summed E-state index contributed by atoms with van der Waals surface area (Å²) in [5.41, 5.74) is -0.491. The van der Waals surface area contributed by atoms with Crippen molar-refractivity contribution in [1.82, 2.24) is 0 Å². The number of hydrogen-bond acceptors (Lipinski definition) is 7. The van der Waals surface area contributed by atoms with Crippen LogP contribution in [0.3, 0.4) is 0 Å². The van der Waals surface area contributed by atoms with Crippen molar-refractivity contribution in [3.8, 4) is 18.2 Å². The van der Waals surface area contributed by atoms with Gasteiger partial charge in [0, 0.05) is 17.0 Å². The Bertz CT molecular complexity index is 675. The minimum atomic E-state index is -0.583. The average molecular weight is 271 g/mol. The summed E-state index contributed by atoms with van der Waals surface area (Å²) in [5.74, 6) is 0. The lowest BCUT2D eigenvalue weighted by Crippen LogP contribution is -2.01. The first kappa shape index (κ1) is 14.0. The van der Waals surface area contributed by atoms with Crippen molar-refractivity contribution in [2.75, 3.05) is 5.32 Å². The molecule has 1 rings (SSSR count). The van der Waals surface area contributed by atoms with Crippen LogP contribution in [0.25, 0.3) is 0 Å². The van der Waals surface area contributed by atoms with E-state index in [1.54, 1.807) is 18.2 Å². The van der Waals surface area contributed by atoms with Gasteiger partial charge in [0.05, 0.1) is 10.6 Å². The third kappa shape index (κ3) is 3.22. The van der Waals surface area contributed by atoms with Crippen LogP contribution in [0, 0.1) is 44.1 Å². The molecule has 0 radical (unpaired) electrons. The number of rotatable bonds is 3. The quantitative estimate of drug-likeness (QED) is 0.375. The number of nitro benzene ring substituents is 1. The van der Waals surface area contributed by atoms with Crippen LogP contribution in [0.5, 0.6) is 0 Å². The van der Waals surface area contributed by atoms with Gasteiger partial charge in [-0.1, -0.05) is 0 Å². The summed E-state index contributed by atoms with van der Waals surface area (Å²) in [6.07, 6.45) is 0. The van der Waals surface area contributed by atoms with Crippen LogP contribution in [0.2, 0.25) is 0 Å². The van der Waals surface area contributed by atoms with E-state index in [-0.39, 0.29) is 27.5 Å². The van der Waals surface area contributed by atoms with Crippen molar-refractivity contribution < 1.29 is 4.92 Å². The van der Waals surface area contributed by atoms with Gasteiger partial charge >= 0.3 is 0 Å². The van der Waals surface area contributed by atoms with E-state index in [1.807, 2.05) is 0 Å². The molecule has 0 aliphatic rings. The van der Waals surface area contributed by atoms with Gasteiger partial charge in [-0.2, -0.15) is 15.8 Å². The zero-order chi connectivity index (χ0) is 14.4. The van der Waals surface area contributed by atoms with Crippen LogP contribution in [0.15, 0.2) is 34.4 Å². The summed E-state index contributed by atoms with van der Waals surface area (Å²) < 4.78 is 0. The number of thiol groups is 1. The van der Waals surface area contributed by atoms with E-state index in [1.165, 1.54) is 18.2 Å². The maximum absolute atomic E-state index is 10.5. The average Bonchev–Trinajstić information content (AvgIpc) is 2.40. The highest BCUT2D eigenvalue weighted by Gasteiger charge is 2.11. The second-order valence-corrected chi connectivity index (χ2v) is 3.65. The molecule has 0 bridgehead atoms. The molecular formula is C11H5N5O2S. The predicted molar refractivity (Wildman–Crippen MR) is 67.8 cm³/mol. The molecule has 0 spiro atoms. The van der Waals surface area contributed by atoms with Crippen LogP contribution in [-0.4, -0.2) is 4.92 Å². The highest BCUT2D eigenvalue weighted by Crippen LogP contribution is 2.26. The highest BCUT2D eigenvalue weighted by atomic mass is 32.1. The number of non-ortho nitro benzene ring substituents is 1. The molecule has 0 aliphatic heterocycles. The van der Waals surface area contributed by atoms with Crippen molar-refractivity contribution in [2.45, 2.75) is 4.90 Å². The first-order valence-electron chi connectivity index (χ1n) is 4.72. The predicted octanol–water partition coefficient (Wildman–Crippen LogP) is 2.12. The molecule has 1 aromatic rings. The van der Waals surface area contributed by atoms with Crippen molar-refractivity contribution in [2.24, 2.45) is 0 Å². The van der Waals surface area contributed by atoms with E-state index in [4.69, 9.17) is 15.8 Å². The molecule has 0 fully saturated rings. The molecule has 1 aromatic carbocycles. The Morgan fingerprint density at radius 1 is 1.26 bits per heavy atom. The second kappa shape index (κ2) is 6.06. The number of benzene rings is 1. The standard InChI is InChI=1S/C11H5N5O2S/c12-4-7(5-13)10(6-14)15-9-2-1-8(16(17)18)3-11(9)19/h1-3,15,19H. The van der Waals surface area contributed by atoms with Crippen molar-refractivity contribution in [1.29, 1.82) is 15.8 Å². The molecule has 0 heterocycles. The Morgan fingerprint density at radius 3 is 2.32 bits per heavy atom. The maximum atomic E-state index is 10.5. The molecule has 19 heavy (non-hydrogen) atoms. The lowest BCUT2D eigenvalue weighted by Gasteiger charge is -2.07. The van der Waals surface area contributed by atoms with E-state index in [9.17, 15) is 10.1 Å². The van der Waals surface area contributed by atoms with Gasteiger partial charge in [-0.3, -0.25) is 10.1 Å². The van der Waals surface area contributed by atoms with Gasteiger partial charge in [-0.25, -0.2) is 0 Å². The highest BCUT2D eigenvalue weighted by molar-refractivity contribution is 7.80. The molecule has 8 heteroatoms. The zero-order valence-corrected chi connectivity index (χ0v) is 10.2. The number of nitrogens with zero attached hydrogens (tertiary/aromatic N) is 4. The first-order valence-corrected chi connectivity index (χ1v) is 5.17. The fraction of sp³-hybridized carbons (Fsp3) is 0. The van der Waals surface area contributed by atoms with E-state index in [0.29, 0.717) is 0 Å². The Balaban J connectivity index is 3.19. The number of hydrogen-bond donors (Lipinski definition) is 2. The van der Waals surface area contributed by atoms with Crippen LogP contribution in [-0.2, 0) is 0 Å². The fourth-order valence-electron chi connectivity index (χ4n) is 1.16. The van der Waals surface area contributed by atoms with Gasteiger partial charge in [0.1, 0.15) is 23.9 Å². The zero-order valence-electron chi connectivity index (χ0n) is 9.28. The molecule has 1 N–H and O–H groups in total. The summed E-state index contributed by atoms with van der Waals surface area (Å²) in [7, 11) is 0. The third-order valence-corrected chi connectivity index (χ3v) is 2.41. The van der Waals surface area contributed by atoms with Crippen molar-refractivity contribution in [3.63, 3.8) is 0 Å². The first-order chi connectivity index (χ1) is 9.03. The molecule has 92 valence electrons. The van der Waals surface area contributed by atoms with Gasteiger partial charge in [0.15, 0.2) is 5.57 Å². The molecule has 0 atom stereocenters. The number of nitrogens with one attached hydrogen (secondary N) is 1. The number of anilines is 1. The number of nitro groups is 1. The monoisotopic (exact) mass is 271 g/mol. The SMILES string of the molecule is N#CC(C#N)=C(C#N)Nc1ccc([N+](=O)[O-])cc1S. The van der Waals surface area contributed by atoms with Gasteiger partial charge in [0.2, 0.25) is 0 Å². The summed E-state index contributed by atoms with van der Waals surface area (Å²) in [4.78, 5) is 10.2. The summed E-state index contributed by atoms with van der Waals surface area (Å²) in [6, 6.07) is 8.57. The smallest absolute Gasteiger partial charge is 0.270 e. The van der Waals surface area contributed by atoms with Gasteiger partial charge in [-0.15, -0.1) is 12.6 Å². The van der Waals surface area contributed by atoms with E-state index < -0.39 is 4.92 Å². The molecule has 0 aliphatic carbocycles. The number of allylic oxidation sites excluding steroid dienone is 2. The molecule has 7 nitrogen and oxygen atoms in total. The minimum Gasteiger partial charge on any atom is -0.344 e. The van der Waals surface area contributed by atoms with Crippen LogP contribution in [0.1, 0.15) is 0 Å². The number of nitriles is 3. The maximum Gasteiger partial charge on any atom is 0.270 e. The van der Waals surface area contributed by atoms with Crippen molar-refractivity contribution >= 4 is 24.0 Å². The van der Waals surface area contributed by atoms with E-state index in [2.05, 4.69) is 17.9 Å². The Hall–Kier alpha value is -3.02. The molecular weight excluding hydrogens is 266 g/mol. The topological polar surface area (TPSA) is 127 Å². The van der Waals surface area contributed by atoms with E-state index in [0.717, 1.165) is 0 Å². The Kier molecular flexibility index (Phi) is 4.48. The molecule has 0 saturated carbocycles. The minimum absolute atomic E-state index is 0.154. The molecule has 0 amide bonds. The van der Waals surface area contributed by atoms with Crippen molar-refractivity contribution in [3.05, 3.63) is 39.6 Å². The molecule has 0 unspecified atom stereocenters. The van der Waals surface area contributed by atoms with Gasteiger partial charge < -0.3 is 5.32 Å². The molecule has 0 aromatic heterocycles. The Labute approximate surface area is 113 Å². The van der Waals surface area contributed by atoms with Gasteiger partial charge in [0.25, 0.3) is 5.69 Å². The lowest BCUT2D eigenvalue weighted by molar-refractivity contribution is -0.385. The summed E-state index contributed by atoms with van der Waals surface area (Å²) >= 11 is 4.04. The van der Waals surface area contributed by atoms with E-state index >= 15 is 0 Å². The summed E-state index contributed by atoms with van der Waals surface area (Å²) in [5, 5.41) is 39.3. The van der Waals surface area contributed by atoms with Crippen LogP contribution < -0.4 is 5.32 Å². The second-order valence-electron chi connectivity index (χ2n) is 3.17. The van der Waals surface area contributed by atoms with Crippen LogP contribution in [0.4, 0.5) is 11.4 Å². The largest absolute Gasteiger partial charge is 0.344 e. The lowest BCUT2D eigenvalue weighted by atomic mass is 10.2. The van der Waals surface area contributed by atoms with Crippen LogP contribution >= 0.6 is 12.6 Å². The third-order valence-electron chi connectivity index (χ3n) is 2.04.